The van der Waals surface area contributed by atoms with Crippen LogP contribution in [0.25, 0.3) is 22.4 Å². The van der Waals surface area contributed by atoms with Gasteiger partial charge in [-0.05, 0) is 40.5 Å². The van der Waals surface area contributed by atoms with E-state index in [4.69, 9.17) is 0 Å². The minimum Gasteiger partial charge on any atom is -0.306 e. The number of allylic oxidation sites excluding steroid dienone is 4. The molecule has 2 aliphatic rings. The highest BCUT2D eigenvalue weighted by Crippen LogP contribution is 2.33. The Balaban J connectivity index is 1.54. The van der Waals surface area contributed by atoms with Crippen LogP contribution in [0.4, 0.5) is 0 Å². The van der Waals surface area contributed by atoms with Gasteiger partial charge in [-0.2, -0.15) is 0 Å². The van der Waals surface area contributed by atoms with Gasteiger partial charge in [-0.15, -0.1) is 0 Å². The molecule has 0 spiro atoms. The highest BCUT2D eigenvalue weighted by atomic mass is 15.4. The number of aliphatic imine (C=N–C) groups is 1. The zero-order valence-electron chi connectivity index (χ0n) is 14.8. The summed E-state index contributed by atoms with van der Waals surface area (Å²) in [6, 6.07) is 15.1. The average molecular weight is 353 g/mol. The van der Waals surface area contributed by atoms with Crippen molar-refractivity contribution in [3.05, 3.63) is 90.5 Å². The van der Waals surface area contributed by atoms with Gasteiger partial charge in [-0.25, -0.2) is 10.4 Å². The Labute approximate surface area is 157 Å². The fourth-order valence-corrected chi connectivity index (χ4v) is 3.35. The third kappa shape index (κ3) is 2.98. The van der Waals surface area contributed by atoms with E-state index in [-0.39, 0.29) is 0 Å². The Kier molecular flexibility index (Phi) is 3.92. The number of hydrogen-bond donors (Lipinski definition) is 2. The van der Waals surface area contributed by atoms with E-state index in [1.165, 1.54) is 22.3 Å². The normalized spacial score (nSPS) is 15.6. The molecule has 1 aromatic heterocycles. The molecule has 132 valence electrons. The zero-order valence-corrected chi connectivity index (χ0v) is 14.8. The molecular weight excluding hydrogens is 334 g/mol. The van der Waals surface area contributed by atoms with Gasteiger partial charge < -0.3 is 9.99 Å². The highest BCUT2D eigenvalue weighted by Gasteiger charge is 2.15. The molecule has 0 radical (unpaired) electrons. The van der Waals surface area contributed by atoms with Crippen molar-refractivity contribution < 1.29 is 0 Å². The second-order valence-corrected chi connectivity index (χ2v) is 6.54. The number of nitrogens with zero attached hydrogens (tertiary/aromatic N) is 3. The number of hydrazine groups is 1. The molecule has 0 saturated carbocycles. The van der Waals surface area contributed by atoms with Crippen molar-refractivity contribution >= 4 is 11.4 Å². The summed E-state index contributed by atoms with van der Waals surface area (Å²) in [6.07, 6.45) is 11.9. The number of imidazole rings is 1. The van der Waals surface area contributed by atoms with Crippen molar-refractivity contribution in [2.75, 3.05) is 13.1 Å². The van der Waals surface area contributed by atoms with Gasteiger partial charge in [-0.1, -0.05) is 42.5 Å². The van der Waals surface area contributed by atoms with Crippen LogP contribution in [0.5, 0.6) is 0 Å². The molecule has 27 heavy (non-hydrogen) atoms. The lowest BCUT2D eigenvalue weighted by molar-refractivity contribution is 0.627. The number of benzene rings is 2. The first-order valence-electron chi connectivity index (χ1n) is 9.04. The van der Waals surface area contributed by atoms with Crippen LogP contribution in [0, 0.1) is 0 Å². The highest BCUT2D eigenvalue weighted by molar-refractivity contribution is 6.01. The molecule has 0 unspecified atom stereocenters. The maximum atomic E-state index is 4.58. The number of amidine groups is 1. The smallest absolute Gasteiger partial charge is 0.142 e. The van der Waals surface area contributed by atoms with Gasteiger partial charge in [0.25, 0.3) is 0 Å². The van der Waals surface area contributed by atoms with Crippen LogP contribution in [0.1, 0.15) is 11.1 Å². The van der Waals surface area contributed by atoms with Crippen LogP contribution < -0.4 is 10.9 Å². The van der Waals surface area contributed by atoms with E-state index >= 15 is 0 Å². The second-order valence-electron chi connectivity index (χ2n) is 6.54. The number of rotatable bonds is 4. The predicted octanol–water partition coefficient (Wildman–Crippen LogP) is 3.35. The molecule has 5 rings (SSSR count). The van der Waals surface area contributed by atoms with Gasteiger partial charge in [0.1, 0.15) is 5.84 Å². The lowest BCUT2D eigenvalue weighted by atomic mass is 9.89. The fraction of sp³-hybridized carbons (Fsp3) is 0.0909. The average Bonchev–Trinajstić information content (AvgIpc) is 3.22. The van der Waals surface area contributed by atoms with E-state index in [0.29, 0.717) is 0 Å². The summed E-state index contributed by atoms with van der Waals surface area (Å²) in [5.41, 5.74) is 13.4. The molecule has 0 saturated heterocycles. The van der Waals surface area contributed by atoms with E-state index in [2.05, 4.69) is 81.5 Å². The molecule has 5 heteroatoms. The van der Waals surface area contributed by atoms with Gasteiger partial charge in [-0.3, -0.25) is 4.99 Å². The van der Waals surface area contributed by atoms with Crippen molar-refractivity contribution in [1.82, 2.24) is 20.4 Å². The SMILES string of the molecule is C1=CC(c2cc(C3=NCCNN3)ccc2-c2ccc(-n3ccnc3)cc2)=C1. The number of hydrogen-bond acceptors (Lipinski definition) is 4. The molecule has 0 fully saturated rings. The van der Waals surface area contributed by atoms with Crippen LogP contribution in [0.15, 0.2) is 84.4 Å². The summed E-state index contributed by atoms with van der Waals surface area (Å²) in [6.45, 7) is 1.64. The second kappa shape index (κ2) is 6.70. The molecule has 0 bridgehead atoms. The summed E-state index contributed by atoms with van der Waals surface area (Å²) < 4.78 is 2.00. The summed E-state index contributed by atoms with van der Waals surface area (Å²) in [4.78, 5) is 8.70. The molecule has 2 heterocycles. The monoisotopic (exact) mass is 353 g/mol. The van der Waals surface area contributed by atoms with Crippen molar-refractivity contribution in [1.29, 1.82) is 0 Å². The molecule has 5 nitrogen and oxygen atoms in total. The standard InChI is InChI=1S/C22H19N5/c1-2-16(3-1)21-14-18(22-24-10-11-25-26-22)6-9-20(21)17-4-7-19(8-5-17)27-13-12-23-15-27/h1-9,12-15,25H,10-11H2,(H,24,26). The fourth-order valence-electron chi connectivity index (χ4n) is 3.35. The minimum atomic E-state index is 0.789. The zero-order chi connectivity index (χ0) is 18.1. The first kappa shape index (κ1) is 15.8. The molecule has 1 aliphatic heterocycles. The molecule has 0 amide bonds. The Morgan fingerprint density at radius 2 is 1.81 bits per heavy atom. The van der Waals surface area contributed by atoms with E-state index < -0.39 is 0 Å². The Hall–Kier alpha value is -3.44. The maximum absolute atomic E-state index is 4.58. The van der Waals surface area contributed by atoms with Crippen LogP contribution in [-0.4, -0.2) is 28.5 Å². The van der Waals surface area contributed by atoms with Crippen LogP contribution >= 0.6 is 0 Å². The molecule has 3 aromatic rings. The molecule has 2 aromatic carbocycles. The van der Waals surface area contributed by atoms with Gasteiger partial charge in [0.2, 0.25) is 0 Å². The Morgan fingerprint density at radius 1 is 0.963 bits per heavy atom. The summed E-state index contributed by atoms with van der Waals surface area (Å²) in [7, 11) is 0. The third-order valence-corrected chi connectivity index (χ3v) is 4.85. The van der Waals surface area contributed by atoms with Crippen LogP contribution in [-0.2, 0) is 0 Å². The van der Waals surface area contributed by atoms with Gasteiger partial charge >= 0.3 is 0 Å². The Bertz CT molecular complexity index is 1060. The van der Waals surface area contributed by atoms with Gasteiger partial charge in [0, 0.05) is 30.2 Å². The van der Waals surface area contributed by atoms with Crippen LogP contribution in [0.3, 0.4) is 0 Å². The summed E-state index contributed by atoms with van der Waals surface area (Å²) in [5.74, 6) is 0.897. The van der Waals surface area contributed by atoms with Crippen molar-refractivity contribution in [2.45, 2.75) is 0 Å². The topological polar surface area (TPSA) is 54.2 Å². The predicted molar refractivity (Wildman–Crippen MR) is 109 cm³/mol. The van der Waals surface area contributed by atoms with Crippen LogP contribution in [0.2, 0.25) is 0 Å². The lowest BCUT2D eigenvalue weighted by Crippen LogP contribution is -2.43. The van der Waals surface area contributed by atoms with E-state index in [1.54, 1.807) is 6.20 Å². The first-order chi connectivity index (χ1) is 13.4. The number of nitrogens with one attached hydrogen (secondary N) is 2. The van der Waals surface area contributed by atoms with Crippen molar-refractivity contribution in [2.24, 2.45) is 4.99 Å². The minimum absolute atomic E-state index is 0.789. The lowest BCUT2D eigenvalue weighted by Gasteiger charge is -2.19. The molecule has 1 aliphatic carbocycles. The largest absolute Gasteiger partial charge is 0.306 e. The quantitative estimate of drug-likeness (QED) is 0.756. The van der Waals surface area contributed by atoms with Crippen molar-refractivity contribution in [3.8, 4) is 16.8 Å². The van der Waals surface area contributed by atoms with E-state index in [9.17, 15) is 0 Å². The Morgan fingerprint density at radius 3 is 2.48 bits per heavy atom. The molecule has 0 atom stereocenters. The first-order valence-corrected chi connectivity index (χ1v) is 9.04. The van der Waals surface area contributed by atoms with E-state index in [0.717, 1.165) is 30.2 Å². The van der Waals surface area contributed by atoms with Gasteiger partial charge in [0.15, 0.2) is 0 Å². The maximum Gasteiger partial charge on any atom is 0.142 e. The third-order valence-electron chi connectivity index (χ3n) is 4.85. The summed E-state index contributed by atoms with van der Waals surface area (Å²) >= 11 is 0. The summed E-state index contributed by atoms with van der Waals surface area (Å²) in [5, 5.41) is 0. The van der Waals surface area contributed by atoms with E-state index in [1.807, 2.05) is 17.1 Å². The molecule has 2 N–H and O–H groups in total. The van der Waals surface area contributed by atoms with Crippen molar-refractivity contribution in [3.63, 3.8) is 0 Å². The number of aromatic nitrogens is 2. The van der Waals surface area contributed by atoms with Gasteiger partial charge in [0.05, 0.1) is 12.9 Å². The molecular formula is C22H19N5.